The summed E-state index contributed by atoms with van der Waals surface area (Å²) in [7, 11) is 0. The highest BCUT2D eigenvalue weighted by Gasteiger charge is 2.47. The number of halogens is 3. The van der Waals surface area contributed by atoms with E-state index in [9.17, 15) is 4.39 Å². The topological polar surface area (TPSA) is 34.6 Å². The Morgan fingerprint density at radius 2 is 2.05 bits per heavy atom. The van der Waals surface area contributed by atoms with Crippen molar-refractivity contribution in [3.8, 4) is 11.6 Å². The summed E-state index contributed by atoms with van der Waals surface area (Å²) in [4.78, 5) is 3.16. The van der Waals surface area contributed by atoms with Crippen molar-refractivity contribution in [3.05, 3.63) is 54.0 Å². The van der Waals surface area contributed by atoms with Gasteiger partial charge in [-0.05, 0) is 23.8 Å². The Balaban J connectivity index is 1.81. The molecular weight excluding hydrogens is 316 g/mol. The second-order valence-corrected chi connectivity index (χ2v) is 6.08. The van der Waals surface area contributed by atoms with Crippen LogP contribution < -0.4 is 4.74 Å². The first-order chi connectivity index (χ1) is 10.1. The number of pyridine rings is 1. The highest BCUT2D eigenvalue weighted by atomic mass is 35.5. The van der Waals surface area contributed by atoms with Crippen LogP contribution in [0.15, 0.2) is 42.5 Å². The Morgan fingerprint density at radius 3 is 2.71 bits per heavy atom. The number of hydrogen-bond acceptors (Lipinski definition) is 3. The lowest BCUT2D eigenvalue weighted by Crippen LogP contribution is -2.12. The molecule has 1 aromatic carbocycles. The minimum absolute atomic E-state index is 0.200. The van der Waals surface area contributed by atoms with Crippen molar-refractivity contribution in [2.45, 2.75) is 16.9 Å². The summed E-state index contributed by atoms with van der Waals surface area (Å²) in [6.45, 7) is 0.574. The maximum Gasteiger partial charge on any atom is 0.221 e. The second kappa shape index (κ2) is 5.79. The van der Waals surface area contributed by atoms with E-state index in [1.165, 1.54) is 6.07 Å². The largest absolute Gasteiger partial charge is 0.439 e. The maximum atomic E-state index is 13.1. The molecule has 1 aromatic heterocycles. The van der Waals surface area contributed by atoms with Crippen LogP contribution in [0.4, 0.5) is 4.39 Å². The number of epoxide rings is 1. The number of rotatable bonds is 5. The van der Waals surface area contributed by atoms with Gasteiger partial charge < -0.3 is 9.47 Å². The van der Waals surface area contributed by atoms with Gasteiger partial charge in [0.2, 0.25) is 11.8 Å². The molecule has 1 saturated heterocycles. The molecule has 0 radical (unpaired) electrons. The molecule has 1 unspecified atom stereocenters. The average Bonchev–Trinajstić information content (AvgIpc) is 3.19. The monoisotopic (exact) mass is 327 g/mol. The Morgan fingerprint density at radius 1 is 1.29 bits per heavy atom. The molecular formula is C15H12Cl2FNO2. The van der Waals surface area contributed by atoms with E-state index in [-0.39, 0.29) is 5.88 Å². The van der Waals surface area contributed by atoms with Gasteiger partial charge in [-0.25, -0.2) is 0 Å². The predicted molar refractivity (Wildman–Crippen MR) is 78.5 cm³/mol. The number of nitrogens with zero attached hydrogens (tertiary/aromatic N) is 1. The number of ether oxygens (including phenoxy) is 2. The highest BCUT2D eigenvalue weighted by Crippen LogP contribution is 2.45. The smallest absolute Gasteiger partial charge is 0.221 e. The van der Waals surface area contributed by atoms with Crippen molar-refractivity contribution in [2.24, 2.45) is 0 Å². The van der Waals surface area contributed by atoms with Crippen molar-refractivity contribution in [2.75, 3.05) is 6.61 Å². The van der Waals surface area contributed by atoms with Crippen LogP contribution in [0.1, 0.15) is 12.0 Å². The zero-order valence-electron chi connectivity index (χ0n) is 10.9. The molecule has 3 rings (SSSR count). The van der Waals surface area contributed by atoms with E-state index in [1.54, 1.807) is 18.2 Å². The summed E-state index contributed by atoms with van der Waals surface area (Å²) in [6.07, 6.45) is 0.512. The fourth-order valence-electron chi connectivity index (χ4n) is 2.15. The third-order valence-corrected chi connectivity index (χ3v) is 3.56. The van der Waals surface area contributed by atoms with Crippen LogP contribution in [0.5, 0.6) is 11.6 Å². The number of aromatic nitrogens is 1. The quantitative estimate of drug-likeness (QED) is 0.463. The number of alkyl halides is 2. The van der Waals surface area contributed by atoms with Gasteiger partial charge in [0.1, 0.15) is 16.2 Å². The van der Waals surface area contributed by atoms with E-state index < -0.39 is 16.4 Å². The van der Waals surface area contributed by atoms with E-state index in [0.717, 1.165) is 5.56 Å². The molecule has 0 saturated carbocycles. The van der Waals surface area contributed by atoms with Gasteiger partial charge in [0.05, 0.1) is 6.61 Å². The van der Waals surface area contributed by atoms with E-state index >= 15 is 0 Å². The van der Waals surface area contributed by atoms with Crippen LogP contribution in [0, 0.1) is 5.95 Å². The molecule has 1 aliphatic rings. The molecule has 0 amide bonds. The lowest BCUT2D eigenvalue weighted by atomic mass is 9.97. The van der Waals surface area contributed by atoms with E-state index in [2.05, 4.69) is 4.98 Å². The molecule has 2 aromatic rings. The first kappa shape index (κ1) is 14.6. The molecule has 0 spiro atoms. The number of benzene rings is 1. The van der Waals surface area contributed by atoms with Gasteiger partial charge in [0.25, 0.3) is 0 Å². The lowest BCUT2D eigenvalue weighted by Gasteiger charge is -2.14. The zero-order valence-corrected chi connectivity index (χ0v) is 12.4. The fraction of sp³-hybridized carbons (Fsp3) is 0.267. The minimum atomic E-state index is -0.585. The molecule has 1 atom stereocenters. The van der Waals surface area contributed by atoms with Crippen molar-refractivity contribution in [3.63, 3.8) is 0 Å². The maximum absolute atomic E-state index is 13.1. The van der Waals surface area contributed by atoms with Gasteiger partial charge in [-0.2, -0.15) is 9.37 Å². The molecule has 1 fully saturated rings. The van der Waals surface area contributed by atoms with E-state index in [4.69, 9.17) is 32.7 Å². The van der Waals surface area contributed by atoms with Gasteiger partial charge >= 0.3 is 0 Å². The summed E-state index contributed by atoms with van der Waals surface area (Å²) in [5.74, 6) is 0.171. The van der Waals surface area contributed by atoms with E-state index in [1.807, 2.05) is 18.2 Å². The van der Waals surface area contributed by atoms with Gasteiger partial charge in [0, 0.05) is 12.5 Å². The zero-order chi connectivity index (χ0) is 14.9. The summed E-state index contributed by atoms with van der Waals surface area (Å²) >= 11 is 11.7. The summed E-state index contributed by atoms with van der Waals surface area (Å²) in [5, 5.41) is 0. The van der Waals surface area contributed by atoms with Crippen LogP contribution in [-0.2, 0) is 10.3 Å². The predicted octanol–water partition coefficient (Wildman–Crippen LogP) is 4.43. The van der Waals surface area contributed by atoms with Crippen molar-refractivity contribution < 1.29 is 13.9 Å². The lowest BCUT2D eigenvalue weighted by molar-refractivity contribution is 0.298. The molecule has 0 N–H and O–H groups in total. The van der Waals surface area contributed by atoms with Crippen LogP contribution >= 0.6 is 23.2 Å². The standard InChI is InChI=1S/C15H12Cl2FNO2/c16-12(17)8-15(9-20-15)10-3-1-4-11(7-10)21-14-6-2-5-13(18)19-14/h1-7,12H,8-9H2. The first-order valence-electron chi connectivity index (χ1n) is 6.40. The molecule has 110 valence electrons. The molecule has 0 bridgehead atoms. The van der Waals surface area contributed by atoms with Gasteiger partial charge in [-0.15, -0.1) is 23.2 Å². The van der Waals surface area contributed by atoms with Crippen LogP contribution in [0.3, 0.4) is 0 Å². The molecule has 1 aliphatic heterocycles. The van der Waals surface area contributed by atoms with Crippen molar-refractivity contribution >= 4 is 23.2 Å². The first-order valence-corrected chi connectivity index (χ1v) is 7.28. The Labute approximate surface area is 131 Å². The van der Waals surface area contributed by atoms with Crippen LogP contribution in [0.2, 0.25) is 0 Å². The summed E-state index contributed by atoms with van der Waals surface area (Å²) < 4.78 is 24.1. The Kier molecular flexibility index (Phi) is 4.02. The van der Waals surface area contributed by atoms with Crippen LogP contribution in [-0.4, -0.2) is 16.4 Å². The SMILES string of the molecule is Fc1cccc(Oc2cccc(C3(CC(Cl)Cl)CO3)c2)n1. The molecule has 2 heterocycles. The Bertz CT molecular complexity index is 647. The fourth-order valence-corrected chi connectivity index (χ4v) is 2.65. The second-order valence-electron chi connectivity index (χ2n) is 4.81. The minimum Gasteiger partial charge on any atom is -0.439 e. The average molecular weight is 328 g/mol. The van der Waals surface area contributed by atoms with Gasteiger partial charge in [-0.1, -0.05) is 18.2 Å². The third-order valence-electron chi connectivity index (χ3n) is 3.25. The van der Waals surface area contributed by atoms with Crippen LogP contribution in [0.25, 0.3) is 0 Å². The molecule has 0 aliphatic carbocycles. The van der Waals surface area contributed by atoms with Crippen molar-refractivity contribution in [1.82, 2.24) is 4.98 Å². The summed E-state index contributed by atoms with van der Waals surface area (Å²) in [5.41, 5.74) is 0.491. The highest BCUT2D eigenvalue weighted by molar-refractivity contribution is 6.44. The molecule has 6 heteroatoms. The molecule has 21 heavy (non-hydrogen) atoms. The number of hydrogen-bond donors (Lipinski definition) is 0. The van der Waals surface area contributed by atoms with Crippen molar-refractivity contribution in [1.29, 1.82) is 0 Å². The normalized spacial score (nSPS) is 20.6. The molecule has 3 nitrogen and oxygen atoms in total. The Hall–Kier alpha value is -1.36. The summed E-state index contributed by atoms with van der Waals surface area (Å²) in [6, 6.07) is 11.8. The van der Waals surface area contributed by atoms with Gasteiger partial charge in [0.15, 0.2) is 0 Å². The van der Waals surface area contributed by atoms with Gasteiger partial charge in [-0.3, -0.25) is 0 Å². The van der Waals surface area contributed by atoms with E-state index in [0.29, 0.717) is 18.8 Å². The third kappa shape index (κ3) is 3.46.